The smallest absolute Gasteiger partial charge is 0.0417 e. The number of fused-ring (bicyclic) bond motifs is 1. The lowest BCUT2D eigenvalue weighted by atomic mass is 9.75. The minimum Gasteiger partial charge on any atom is -0.385 e. The van der Waals surface area contributed by atoms with Gasteiger partial charge in [-0.05, 0) is 63.9 Å². The zero-order valence-corrected chi connectivity index (χ0v) is 13.1. The van der Waals surface area contributed by atoms with Gasteiger partial charge in [-0.1, -0.05) is 6.07 Å². The standard InChI is InChI=1S/C17H27N3/c1-19(2)17(10-6-11-17)13-20(3)16-9-4-8-15-14(16)7-5-12-18-15/h4,8-9,18H,5-7,10-13H2,1-3H3. The molecule has 0 saturated heterocycles. The van der Waals surface area contributed by atoms with Crippen molar-refractivity contribution >= 4 is 11.4 Å². The second-order valence-electron chi connectivity index (χ2n) is 6.66. The molecule has 0 spiro atoms. The Morgan fingerprint density at radius 1 is 1.15 bits per heavy atom. The van der Waals surface area contributed by atoms with E-state index in [1.807, 2.05) is 0 Å². The summed E-state index contributed by atoms with van der Waals surface area (Å²) in [5.41, 5.74) is 4.66. The summed E-state index contributed by atoms with van der Waals surface area (Å²) >= 11 is 0. The van der Waals surface area contributed by atoms with Crippen LogP contribution < -0.4 is 10.2 Å². The molecule has 0 radical (unpaired) electrons. The van der Waals surface area contributed by atoms with Crippen LogP contribution >= 0.6 is 0 Å². The second kappa shape index (κ2) is 5.28. The lowest BCUT2D eigenvalue weighted by Crippen LogP contribution is -2.56. The van der Waals surface area contributed by atoms with Crippen molar-refractivity contribution in [3.8, 4) is 0 Å². The maximum Gasteiger partial charge on any atom is 0.0417 e. The molecule has 0 atom stereocenters. The summed E-state index contributed by atoms with van der Waals surface area (Å²) in [4.78, 5) is 4.91. The van der Waals surface area contributed by atoms with Crippen LogP contribution in [0.15, 0.2) is 18.2 Å². The molecule has 0 bridgehead atoms. The van der Waals surface area contributed by atoms with Gasteiger partial charge in [0.1, 0.15) is 0 Å². The molecule has 2 aliphatic rings. The maximum absolute atomic E-state index is 3.53. The molecule has 3 nitrogen and oxygen atoms in total. The van der Waals surface area contributed by atoms with E-state index in [-0.39, 0.29) is 0 Å². The first-order chi connectivity index (χ1) is 9.62. The highest BCUT2D eigenvalue weighted by Crippen LogP contribution is 2.39. The Morgan fingerprint density at radius 3 is 2.60 bits per heavy atom. The predicted molar refractivity (Wildman–Crippen MR) is 86.8 cm³/mol. The molecule has 1 aromatic rings. The lowest BCUT2D eigenvalue weighted by Gasteiger charge is -2.50. The highest BCUT2D eigenvalue weighted by Gasteiger charge is 2.40. The zero-order chi connectivity index (χ0) is 14.2. The van der Waals surface area contributed by atoms with Gasteiger partial charge in [-0.25, -0.2) is 0 Å². The topological polar surface area (TPSA) is 18.5 Å². The second-order valence-corrected chi connectivity index (χ2v) is 6.66. The largest absolute Gasteiger partial charge is 0.385 e. The van der Waals surface area contributed by atoms with E-state index in [1.165, 1.54) is 49.0 Å². The summed E-state index contributed by atoms with van der Waals surface area (Å²) in [7, 11) is 6.72. The number of hydrogen-bond acceptors (Lipinski definition) is 3. The minimum atomic E-state index is 0.388. The van der Waals surface area contributed by atoms with E-state index >= 15 is 0 Å². The van der Waals surface area contributed by atoms with Gasteiger partial charge in [0.2, 0.25) is 0 Å². The van der Waals surface area contributed by atoms with E-state index in [0.717, 1.165) is 13.1 Å². The van der Waals surface area contributed by atoms with E-state index in [4.69, 9.17) is 0 Å². The summed E-state index contributed by atoms with van der Waals surface area (Å²) in [6.45, 7) is 2.25. The van der Waals surface area contributed by atoms with Gasteiger partial charge < -0.3 is 15.1 Å². The molecule has 1 N–H and O–H groups in total. The SMILES string of the molecule is CN(CC1(N(C)C)CCC1)c1cccc2c1CCCN2. The molecule has 1 aliphatic heterocycles. The third kappa shape index (κ3) is 2.28. The Morgan fingerprint density at radius 2 is 1.95 bits per heavy atom. The molecule has 20 heavy (non-hydrogen) atoms. The highest BCUT2D eigenvalue weighted by molar-refractivity contribution is 5.67. The van der Waals surface area contributed by atoms with Gasteiger partial charge in [0.25, 0.3) is 0 Å². The number of anilines is 2. The molecule has 1 heterocycles. The van der Waals surface area contributed by atoms with Crippen LogP contribution in [0.1, 0.15) is 31.2 Å². The van der Waals surface area contributed by atoms with E-state index in [1.54, 1.807) is 0 Å². The van der Waals surface area contributed by atoms with Gasteiger partial charge >= 0.3 is 0 Å². The molecular weight excluding hydrogens is 246 g/mol. The molecule has 1 fully saturated rings. The maximum atomic E-state index is 3.53. The Bertz CT molecular complexity index is 477. The number of hydrogen-bond donors (Lipinski definition) is 1. The third-order valence-corrected chi connectivity index (χ3v) is 5.25. The molecule has 1 saturated carbocycles. The van der Waals surface area contributed by atoms with Crippen LogP contribution in [0.5, 0.6) is 0 Å². The molecule has 110 valence electrons. The van der Waals surface area contributed by atoms with Crippen molar-refractivity contribution in [2.75, 3.05) is 44.4 Å². The fraction of sp³-hybridized carbons (Fsp3) is 0.647. The van der Waals surface area contributed by atoms with E-state index in [0.29, 0.717) is 5.54 Å². The summed E-state index contributed by atoms with van der Waals surface area (Å²) in [5, 5.41) is 3.53. The van der Waals surface area contributed by atoms with Crippen molar-refractivity contribution < 1.29 is 0 Å². The molecule has 0 unspecified atom stereocenters. The average Bonchev–Trinajstić information content (AvgIpc) is 2.41. The quantitative estimate of drug-likeness (QED) is 0.910. The van der Waals surface area contributed by atoms with Crippen molar-refractivity contribution in [1.82, 2.24) is 4.90 Å². The Balaban J connectivity index is 1.82. The lowest BCUT2D eigenvalue weighted by molar-refractivity contribution is 0.0683. The predicted octanol–water partition coefficient (Wildman–Crippen LogP) is 2.97. The molecular formula is C17H27N3. The van der Waals surface area contributed by atoms with Crippen LogP contribution in [-0.4, -0.2) is 44.7 Å². The van der Waals surface area contributed by atoms with Crippen LogP contribution in [-0.2, 0) is 6.42 Å². The summed E-state index contributed by atoms with van der Waals surface area (Å²) in [5.74, 6) is 0. The molecule has 0 amide bonds. The van der Waals surface area contributed by atoms with Crippen LogP contribution in [0, 0.1) is 0 Å². The monoisotopic (exact) mass is 273 g/mol. The fourth-order valence-electron chi connectivity index (χ4n) is 3.71. The summed E-state index contributed by atoms with van der Waals surface area (Å²) in [6, 6.07) is 6.69. The van der Waals surface area contributed by atoms with Gasteiger partial charge in [-0.2, -0.15) is 0 Å². The fourth-order valence-corrected chi connectivity index (χ4v) is 3.71. The summed E-state index contributed by atoms with van der Waals surface area (Å²) in [6.07, 6.45) is 6.49. The Labute approximate surface area is 123 Å². The van der Waals surface area contributed by atoms with Gasteiger partial charge in [0.05, 0.1) is 0 Å². The molecule has 0 aromatic heterocycles. The van der Waals surface area contributed by atoms with E-state index in [2.05, 4.69) is 54.5 Å². The number of rotatable bonds is 4. The van der Waals surface area contributed by atoms with Crippen LogP contribution in [0.2, 0.25) is 0 Å². The molecule has 3 rings (SSSR count). The van der Waals surface area contributed by atoms with Crippen molar-refractivity contribution in [2.45, 2.75) is 37.6 Å². The van der Waals surface area contributed by atoms with Crippen LogP contribution in [0.3, 0.4) is 0 Å². The van der Waals surface area contributed by atoms with Crippen LogP contribution in [0.4, 0.5) is 11.4 Å². The Hall–Kier alpha value is -1.22. The number of nitrogens with one attached hydrogen (secondary N) is 1. The van der Waals surface area contributed by atoms with Gasteiger partial charge in [0, 0.05) is 37.1 Å². The first kappa shape index (κ1) is 13.7. The van der Waals surface area contributed by atoms with Gasteiger partial charge in [-0.3, -0.25) is 0 Å². The van der Waals surface area contributed by atoms with Crippen molar-refractivity contribution in [3.63, 3.8) is 0 Å². The van der Waals surface area contributed by atoms with E-state index in [9.17, 15) is 0 Å². The first-order valence-electron chi connectivity index (χ1n) is 7.87. The minimum absolute atomic E-state index is 0.388. The number of nitrogens with zero attached hydrogens (tertiary/aromatic N) is 2. The molecule has 1 aromatic carbocycles. The average molecular weight is 273 g/mol. The van der Waals surface area contributed by atoms with E-state index < -0.39 is 0 Å². The number of benzene rings is 1. The third-order valence-electron chi connectivity index (χ3n) is 5.25. The number of likely N-dealkylation sites (N-methyl/N-ethyl adjacent to an activating group) is 2. The summed E-state index contributed by atoms with van der Waals surface area (Å²) < 4.78 is 0. The van der Waals surface area contributed by atoms with Gasteiger partial charge in [-0.15, -0.1) is 0 Å². The molecule has 1 aliphatic carbocycles. The van der Waals surface area contributed by atoms with Crippen molar-refractivity contribution in [2.24, 2.45) is 0 Å². The first-order valence-corrected chi connectivity index (χ1v) is 7.87. The Kier molecular flexibility index (Phi) is 3.63. The van der Waals surface area contributed by atoms with Gasteiger partial charge in [0.15, 0.2) is 0 Å². The normalized spacial score (nSPS) is 20.0. The zero-order valence-electron chi connectivity index (χ0n) is 13.1. The van der Waals surface area contributed by atoms with Crippen molar-refractivity contribution in [3.05, 3.63) is 23.8 Å². The molecule has 3 heteroatoms. The van der Waals surface area contributed by atoms with Crippen LogP contribution in [0.25, 0.3) is 0 Å². The van der Waals surface area contributed by atoms with Crippen molar-refractivity contribution in [1.29, 1.82) is 0 Å². The highest BCUT2D eigenvalue weighted by atomic mass is 15.2.